The van der Waals surface area contributed by atoms with Crippen molar-refractivity contribution in [1.82, 2.24) is 4.90 Å². The van der Waals surface area contributed by atoms with Gasteiger partial charge >= 0.3 is 0 Å². The highest BCUT2D eigenvalue weighted by atomic mass is 19.1. The molecule has 0 aliphatic carbocycles. The van der Waals surface area contributed by atoms with Gasteiger partial charge < -0.3 is 15.4 Å². The maximum absolute atomic E-state index is 13.7. The van der Waals surface area contributed by atoms with Gasteiger partial charge in [-0.05, 0) is 37.0 Å². The zero-order valence-electron chi connectivity index (χ0n) is 13.0. The quantitative estimate of drug-likeness (QED) is 0.910. The molecule has 124 valence electrons. The van der Waals surface area contributed by atoms with Crippen molar-refractivity contribution in [3.63, 3.8) is 0 Å². The van der Waals surface area contributed by atoms with Crippen LogP contribution >= 0.6 is 0 Å². The number of hydrogen-bond donors (Lipinski definition) is 1. The predicted molar refractivity (Wildman–Crippen MR) is 82.0 cm³/mol. The number of halogens is 1. The van der Waals surface area contributed by atoms with Crippen molar-refractivity contribution in [2.24, 2.45) is 11.7 Å². The second-order valence-electron chi connectivity index (χ2n) is 6.34. The number of likely N-dealkylation sites (tertiary alicyclic amines) is 1. The Morgan fingerprint density at radius 1 is 1.30 bits per heavy atom. The number of hydrogen-bond acceptors (Lipinski definition) is 3. The molecule has 0 unspecified atom stereocenters. The normalized spacial score (nSPS) is 23.7. The summed E-state index contributed by atoms with van der Waals surface area (Å²) in [6.45, 7) is 1.81. The van der Waals surface area contributed by atoms with Crippen LogP contribution in [0, 0.1) is 11.7 Å². The number of amides is 2. The van der Waals surface area contributed by atoms with Crippen LogP contribution in [0.25, 0.3) is 0 Å². The summed E-state index contributed by atoms with van der Waals surface area (Å²) in [5.41, 5.74) is 5.27. The number of nitrogens with two attached hydrogens (primary N) is 1. The Morgan fingerprint density at radius 2 is 2.04 bits per heavy atom. The number of carbonyl (C=O) groups is 2. The van der Waals surface area contributed by atoms with Gasteiger partial charge in [-0.25, -0.2) is 4.39 Å². The third kappa shape index (κ3) is 2.95. The minimum absolute atomic E-state index is 0.0462. The molecule has 2 fully saturated rings. The summed E-state index contributed by atoms with van der Waals surface area (Å²) < 4.78 is 19.1. The van der Waals surface area contributed by atoms with E-state index in [1.807, 2.05) is 0 Å². The Labute approximate surface area is 134 Å². The summed E-state index contributed by atoms with van der Waals surface area (Å²) in [6.07, 6.45) is 1.64. The van der Waals surface area contributed by atoms with E-state index in [0.29, 0.717) is 51.1 Å². The summed E-state index contributed by atoms with van der Waals surface area (Å²) in [7, 11) is 0. The molecule has 2 amide bonds. The minimum Gasteiger partial charge on any atom is -0.381 e. The number of ether oxygens (including phenoxy) is 1. The molecule has 2 saturated heterocycles. The van der Waals surface area contributed by atoms with Crippen LogP contribution < -0.4 is 5.73 Å². The third-order valence-corrected chi connectivity index (χ3v) is 5.01. The van der Waals surface area contributed by atoms with E-state index in [4.69, 9.17) is 10.5 Å². The van der Waals surface area contributed by atoms with Crippen LogP contribution in [0.5, 0.6) is 0 Å². The third-order valence-electron chi connectivity index (χ3n) is 5.01. The Balaban J connectivity index is 1.90. The zero-order valence-corrected chi connectivity index (χ0v) is 13.0. The van der Waals surface area contributed by atoms with Gasteiger partial charge in [-0.1, -0.05) is 12.1 Å². The predicted octanol–water partition coefficient (Wildman–Crippen LogP) is 1.21. The minimum atomic E-state index is -0.771. The first-order chi connectivity index (χ1) is 11.0. The molecule has 2 N–H and O–H groups in total. The van der Waals surface area contributed by atoms with Crippen molar-refractivity contribution in [1.29, 1.82) is 0 Å². The van der Waals surface area contributed by atoms with Gasteiger partial charge in [0.05, 0.1) is 11.3 Å². The maximum atomic E-state index is 13.7. The van der Waals surface area contributed by atoms with E-state index in [-0.39, 0.29) is 23.5 Å². The highest BCUT2D eigenvalue weighted by Crippen LogP contribution is 2.38. The maximum Gasteiger partial charge on any atom is 0.233 e. The molecule has 0 bridgehead atoms. The van der Waals surface area contributed by atoms with Gasteiger partial charge in [0.2, 0.25) is 11.8 Å². The molecule has 1 aromatic rings. The Kier molecular flexibility index (Phi) is 4.35. The first-order valence-electron chi connectivity index (χ1n) is 7.95. The lowest BCUT2D eigenvalue weighted by atomic mass is 9.73. The van der Waals surface area contributed by atoms with Crippen molar-refractivity contribution in [2.75, 3.05) is 26.3 Å². The molecule has 0 spiro atoms. The second kappa shape index (κ2) is 6.28. The molecule has 2 aliphatic heterocycles. The van der Waals surface area contributed by atoms with Gasteiger partial charge in [0.15, 0.2) is 0 Å². The van der Waals surface area contributed by atoms with Crippen LogP contribution in [0.3, 0.4) is 0 Å². The van der Waals surface area contributed by atoms with Crippen LogP contribution in [0.15, 0.2) is 24.3 Å². The van der Waals surface area contributed by atoms with Gasteiger partial charge in [0.1, 0.15) is 5.82 Å². The van der Waals surface area contributed by atoms with Crippen molar-refractivity contribution in [3.05, 3.63) is 35.6 Å². The molecule has 23 heavy (non-hydrogen) atoms. The van der Waals surface area contributed by atoms with Gasteiger partial charge in [-0.2, -0.15) is 0 Å². The van der Waals surface area contributed by atoms with Gasteiger partial charge in [-0.15, -0.1) is 0 Å². The highest BCUT2D eigenvalue weighted by Gasteiger charge is 2.46. The molecule has 1 aromatic carbocycles. The summed E-state index contributed by atoms with van der Waals surface area (Å²) in [5, 5.41) is 0. The van der Waals surface area contributed by atoms with Crippen molar-refractivity contribution < 1.29 is 18.7 Å². The van der Waals surface area contributed by atoms with E-state index in [0.717, 1.165) is 0 Å². The van der Waals surface area contributed by atoms with E-state index in [1.54, 1.807) is 17.0 Å². The van der Waals surface area contributed by atoms with Crippen molar-refractivity contribution in [3.8, 4) is 0 Å². The summed E-state index contributed by atoms with van der Waals surface area (Å²) >= 11 is 0. The fourth-order valence-corrected chi connectivity index (χ4v) is 3.61. The van der Waals surface area contributed by atoms with Crippen LogP contribution in [0.2, 0.25) is 0 Å². The zero-order chi connectivity index (χ0) is 16.4. The van der Waals surface area contributed by atoms with Crippen molar-refractivity contribution >= 4 is 11.8 Å². The average Bonchev–Trinajstić information content (AvgIpc) is 3.05. The van der Waals surface area contributed by atoms with E-state index in [2.05, 4.69) is 0 Å². The number of carbonyl (C=O) groups excluding carboxylic acids is 2. The van der Waals surface area contributed by atoms with Gasteiger partial charge in [-0.3, -0.25) is 9.59 Å². The van der Waals surface area contributed by atoms with Gasteiger partial charge in [0.25, 0.3) is 0 Å². The molecule has 6 heteroatoms. The largest absolute Gasteiger partial charge is 0.381 e. The molecular formula is C17H21FN2O3. The van der Waals surface area contributed by atoms with E-state index < -0.39 is 5.41 Å². The topological polar surface area (TPSA) is 72.6 Å². The van der Waals surface area contributed by atoms with Crippen molar-refractivity contribution in [2.45, 2.75) is 24.7 Å². The SMILES string of the molecule is NC(=O)[C@H]1CCN(C(=O)C2(c3cccc(F)c3)CCOCC2)C1. The van der Waals surface area contributed by atoms with Crippen LogP contribution in [0.1, 0.15) is 24.8 Å². The molecule has 1 atom stereocenters. The average molecular weight is 320 g/mol. The lowest BCUT2D eigenvalue weighted by Crippen LogP contribution is -2.49. The van der Waals surface area contributed by atoms with Crippen LogP contribution in [0.4, 0.5) is 4.39 Å². The second-order valence-corrected chi connectivity index (χ2v) is 6.34. The lowest BCUT2D eigenvalue weighted by Gasteiger charge is -2.39. The summed E-state index contributed by atoms with van der Waals surface area (Å²) in [5.74, 6) is -1.05. The molecule has 2 heterocycles. The fourth-order valence-electron chi connectivity index (χ4n) is 3.61. The molecular weight excluding hydrogens is 299 g/mol. The molecule has 3 rings (SSSR count). The number of nitrogens with zero attached hydrogens (tertiary/aromatic N) is 1. The smallest absolute Gasteiger partial charge is 0.233 e. The highest BCUT2D eigenvalue weighted by molar-refractivity contribution is 5.89. The Bertz CT molecular complexity index is 614. The molecule has 0 aromatic heterocycles. The first-order valence-corrected chi connectivity index (χ1v) is 7.95. The molecule has 5 nitrogen and oxygen atoms in total. The molecule has 0 radical (unpaired) electrons. The van der Waals surface area contributed by atoms with E-state index in [9.17, 15) is 14.0 Å². The van der Waals surface area contributed by atoms with Crippen LogP contribution in [-0.4, -0.2) is 43.0 Å². The number of rotatable bonds is 3. The number of benzene rings is 1. The van der Waals surface area contributed by atoms with E-state index in [1.165, 1.54) is 12.1 Å². The lowest BCUT2D eigenvalue weighted by molar-refractivity contribution is -0.140. The first kappa shape index (κ1) is 15.9. The van der Waals surface area contributed by atoms with E-state index >= 15 is 0 Å². The Morgan fingerprint density at radius 3 is 2.65 bits per heavy atom. The van der Waals surface area contributed by atoms with Crippen LogP contribution in [-0.2, 0) is 19.7 Å². The molecule has 2 aliphatic rings. The molecule has 0 saturated carbocycles. The monoisotopic (exact) mass is 320 g/mol. The summed E-state index contributed by atoms with van der Waals surface area (Å²) in [6, 6.07) is 6.24. The van der Waals surface area contributed by atoms with Gasteiger partial charge in [0, 0.05) is 26.3 Å². The Hall–Kier alpha value is -1.95. The standard InChI is InChI=1S/C17H21FN2O3/c18-14-3-1-2-13(10-14)17(5-8-23-9-6-17)16(22)20-7-4-12(11-20)15(19)21/h1-3,10,12H,4-9,11H2,(H2,19,21)/t12-/m0/s1. The number of primary amides is 1. The fraction of sp³-hybridized carbons (Fsp3) is 0.529. The summed E-state index contributed by atoms with van der Waals surface area (Å²) in [4.78, 5) is 26.3.